The Morgan fingerprint density at radius 1 is 1.38 bits per heavy atom. The van der Waals surface area contributed by atoms with E-state index in [1.807, 2.05) is 18.2 Å². The zero-order chi connectivity index (χ0) is 9.68. The molecular formula is C11H16O2. The minimum Gasteiger partial charge on any atom is -0.496 e. The van der Waals surface area contributed by atoms with Gasteiger partial charge in [-0.25, -0.2) is 0 Å². The van der Waals surface area contributed by atoms with Crippen molar-refractivity contribution in [2.75, 3.05) is 7.11 Å². The van der Waals surface area contributed by atoms with Gasteiger partial charge in [0.15, 0.2) is 0 Å². The molecule has 1 aromatic carbocycles. The van der Waals surface area contributed by atoms with Crippen molar-refractivity contribution in [3.8, 4) is 5.75 Å². The molecule has 13 heavy (non-hydrogen) atoms. The molecule has 1 rings (SSSR count). The van der Waals surface area contributed by atoms with Gasteiger partial charge in [0.25, 0.3) is 0 Å². The largest absolute Gasteiger partial charge is 0.496 e. The third-order valence-corrected chi connectivity index (χ3v) is 2.05. The first-order valence-corrected chi connectivity index (χ1v) is 4.58. The SMILES string of the molecule is CCCc1ccc(CO)cc1OC. The van der Waals surface area contributed by atoms with Crippen molar-refractivity contribution < 1.29 is 9.84 Å². The molecule has 0 amide bonds. The van der Waals surface area contributed by atoms with E-state index in [0.717, 1.165) is 24.2 Å². The molecule has 0 saturated carbocycles. The van der Waals surface area contributed by atoms with Gasteiger partial charge in [-0.3, -0.25) is 0 Å². The summed E-state index contributed by atoms with van der Waals surface area (Å²) in [6, 6.07) is 5.85. The van der Waals surface area contributed by atoms with Crippen LogP contribution >= 0.6 is 0 Å². The molecule has 0 heterocycles. The number of rotatable bonds is 4. The van der Waals surface area contributed by atoms with Gasteiger partial charge >= 0.3 is 0 Å². The zero-order valence-corrected chi connectivity index (χ0v) is 8.21. The minimum absolute atomic E-state index is 0.0722. The molecule has 0 fully saturated rings. The number of ether oxygens (including phenoxy) is 1. The predicted octanol–water partition coefficient (Wildman–Crippen LogP) is 2.14. The van der Waals surface area contributed by atoms with Crippen molar-refractivity contribution in [2.24, 2.45) is 0 Å². The van der Waals surface area contributed by atoms with E-state index in [4.69, 9.17) is 9.84 Å². The van der Waals surface area contributed by atoms with Crippen molar-refractivity contribution >= 4 is 0 Å². The van der Waals surface area contributed by atoms with Crippen LogP contribution in [0.2, 0.25) is 0 Å². The van der Waals surface area contributed by atoms with Crippen LogP contribution < -0.4 is 4.74 Å². The van der Waals surface area contributed by atoms with Crippen LogP contribution in [0.25, 0.3) is 0 Å². The number of methoxy groups -OCH3 is 1. The summed E-state index contributed by atoms with van der Waals surface area (Å²) < 4.78 is 5.23. The molecule has 0 aliphatic heterocycles. The Labute approximate surface area is 79.2 Å². The summed E-state index contributed by atoms with van der Waals surface area (Å²) in [6.45, 7) is 2.21. The molecule has 0 aliphatic carbocycles. The van der Waals surface area contributed by atoms with Crippen LogP contribution in [0.5, 0.6) is 5.75 Å². The second kappa shape index (κ2) is 4.87. The highest BCUT2D eigenvalue weighted by Crippen LogP contribution is 2.21. The van der Waals surface area contributed by atoms with Crippen molar-refractivity contribution in [1.29, 1.82) is 0 Å². The van der Waals surface area contributed by atoms with Crippen LogP contribution in [0, 0.1) is 0 Å². The molecule has 0 spiro atoms. The molecule has 0 bridgehead atoms. The molecule has 0 atom stereocenters. The van der Waals surface area contributed by atoms with Gasteiger partial charge in [-0.2, -0.15) is 0 Å². The van der Waals surface area contributed by atoms with E-state index in [1.165, 1.54) is 5.56 Å². The van der Waals surface area contributed by atoms with E-state index in [0.29, 0.717) is 0 Å². The number of hydrogen-bond acceptors (Lipinski definition) is 2. The van der Waals surface area contributed by atoms with Gasteiger partial charge in [-0.1, -0.05) is 25.5 Å². The number of aliphatic hydroxyl groups is 1. The predicted molar refractivity (Wildman–Crippen MR) is 52.9 cm³/mol. The second-order valence-electron chi connectivity index (χ2n) is 3.05. The van der Waals surface area contributed by atoms with Crippen LogP contribution in [0.3, 0.4) is 0 Å². The molecule has 0 radical (unpaired) electrons. The molecule has 72 valence electrons. The lowest BCUT2D eigenvalue weighted by atomic mass is 10.1. The standard InChI is InChI=1S/C11H16O2/c1-3-4-10-6-5-9(8-12)7-11(10)13-2/h5-7,12H,3-4,8H2,1-2H3. The van der Waals surface area contributed by atoms with E-state index in [9.17, 15) is 0 Å². The molecule has 1 aromatic rings. The smallest absolute Gasteiger partial charge is 0.122 e. The molecule has 0 unspecified atom stereocenters. The normalized spacial score (nSPS) is 10.1. The third-order valence-electron chi connectivity index (χ3n) is 2.05. The Balaban J connectivity index is 2.93. The molecule has 0 aliphatic rings. The number of aryl methyl sites for hydroxylation is 1. The highest BCUT2D eigenvalue weighted by Gasteiger charge is 2.02. The first-order chi connectivity index (χ1) is 6.31. The van der Waals surface area contributed by atoms with Gasteiger partial charge in [-0.15, -0.1) is 0 Å². The summed E-state index contributed by atoms with van der Waals surface area (Å²) >= 11 is 0. The Bertz CT molecular complexity index is 269. The van der Waals surface area contributed by atoms with Gasteiger partial charge in [0, 0.05) is 0 Å². The van der Waals surface area contributed by atoms with Crippen LogP contribution in [-0.4, -0.2) is 12.2 Å². The van der Waals surface area contributed by atoms with Crippen LogP contribution in [-0.2, 0) is 13.0 Å². The van der Waals surface area contributed by atoms with E-state index in [-0.39, 0.29) is 6.61 Å². The maximum Gasteiger partial charge on any atom is 0.122 e. The number of hydrogen-bond donors (Lipinski definition) is 1. The lowest BCUT2D eigenvalue weighted by molar-refractivity contribution is 0.281. The first-order valence-electron chi connectivity index (χ1n) is 4.58. The molecular weight excluding hydrogens is 164 g/mol. The Morgan fingerprint density at radius 2 is 2.15 bits per heavy atom. The molecule has 2 nitrogen and oxygen atoms in total. The van der Waals surface area contributed by atoms with Crippen molar-refractivity contribution in [3.63, 3.8) is 0 Å². The van der Waals surface area contributed by atoms with E-state index >= 15 is 0 Å². The van der Waals surface area contributed by atoms with Gasteiger partial charge in [-0.05, 0) is 23.6 Å². The quantitative estimate of drug-likeness (QED) is 0.769. The van der Waals surface area contributed by atoms with Crippen LogP contribution in [0.4, 0.5) is 0 Å². The van der Waals surface area contributed by atoms with E-state index in [1.54, 1.807) is 7.11 Å². The molecule has 1 N–H and O–H groups in total. The lowest BCUT2D eigenvalue weighted by Gasteiger charge is -2.08. The zero-order valence-electron chi connectivity index (χ0n) is 8.21. The minimum atomic E-state index is 0.0722. The van der Waals surface area contributed by atoms with Gasteiger partial charge in [0.2, 0.25) is 0 Å². The number of aliphatic hydroxyl groups excluding tert-OH is 1. The highest BCUT2D eigenvalue weighted by molar-refractivity contribution is 5.37. The van der Waals surface area contributed by atoms with Crippen LogP contribution in [0.15, 0.2) is 18.2 Å². The van der Waals surface area contributed by atoms with E-state index < -0.39 is 0 Å². The summed E-state index contributed by atoms with van der Waals surface area (Å²) in [5.41, 5.74) is 2.11. The maximum atomic E-state index is 8.92. The van der Waals surface area contributed by atoms with Gasteiger partial charge in [0.05, 0.1) is 13.7 Å². The average Bonchev–Trinajstić information content (AvgIpc) is 2.19. The number of benzene rings is 1. The van der Waals surface area contributed by atoms with Gasteiger partial charge in [0.1, 0.15) is 5.75 Å². The summed E-state index contributed by atoms with van der Waals surface area (Å²) in [4.78, 5) is 0. The fraction of sp³-hybridized carbons (Fsp3) is 0.455. The molecule has 2 heteroatoms. The van der Waals surface area contributed by atoms with Crippen molar-refractivity contribution in [1.82, 2.24) is 0 Å². The van der Waals surface area contributed by atoms with Crippen LogP contribution in [0.1, 0.15) is 24.5 Å². The topological polar surface area (TPSA) is 29.5 Å². The summed E-state index contributed by atoms with van der Waals surface area (Å²) in [5, 5.41) is 8.92. The average molecular weight is 180 g/mol. The van der Waals surface area contributed by atoms with Crippen molar-refractivity contribution in [2.45, 2.75) is 26.4 Å². The fourth-order valence-electron chi connectivity index (χ4n) is 1.36. The third kappa shape index (κ3) is 2.46. The highest BCUT2D eigenvalue weighted by atomic mass is 16.5. The Hall–Kier alpha value is -1.02. The van der Waals surface area contributed by atoms with E-state index in [2.05, 4.69) is 6.92 Å². The lowest BCUT2D eigenvalue weighted by Crippen LogP contribution is -1.93. The summed E-state index contributed by atoms with van der Waals surface area (Å²) in [7, 11) is 1.66. The first kappa shape index (κ1) is 10.1. The Kier molecular flexibility index (Phi) is 3.77. The fourth-order valence-corrected chi connectivity index (χ4v) is 1.36. The second-order valence-corrected chi connectivity index (χ2v) is 3.05. The van der Waals surface area contributed by atoms with Gasteiger partial charge < -0.3 is 9.84 Å². The van der Waals surface area contributed by atoms with Crippen molar-refractivity contribution in [3.05, 3.63) is 29.3 Å². The Morgan fingerprint density at radius 3 is 2.69 bits per heavy atom. The summed E-state index contributed by atoms with van der Waals surface area (Å²) in [5.74, 6) is 0.883. The molecule has 0 aromatic heterocycles. The summed E-state index contributed by atoms with van der Waals surface area (Å²) in [6.07, 6.45) is 2.13. The monoisotopic (exact) mass is 180 g/mol. The maximum absolute atomic E-state index is 8.92. The molecule has 0 saturated heterocycles.